The molecule has 0 bridgehead atoms. The molecule has 0 saturated heterocycles. The summed E-state index contributed by atoms with van der Waals surface area (Å²) in [4.78, 5) is 0. The number of halogens is 2. The Bertz CT molecular complexity index is 290. The monoisotopic (exact) mass is 351 g/mol. The standard InChI is InChI=1S/C12H19Br2NO/c1-9(2)5-3-4-6-15-8-10-7-11(13)12(14)16-10/h7,9,15H,3-6,8H2,1-2H3. The minimum atomic E-state index is 0.768. The summed E-state index contributed by atoms with van der Waals surface area (Å²) in [7, 11) is 0. The van der Waals surface area contributed by atoms with Crippen molar-refractivity contribution in [3.05, 3.63) is 21.0 Å². The van der Waals surface area contributed by atoms with Gasteiger partial charge in [-0.3, -0.25) is 0 Å². The third-order valence-corrected chi connectivity index (χ3v) is 4.09. The zero-order chi connectivity index (χ0) is 12.0. The van der Waals surface area contributed by atoms with Gasteiger partial charge in [0.15, 0.2) is 4.67 Å². The van der Waals surface area contributed by atoms with E-state index in [1.54, 1.807) is 0 Å². The summed E-state index contributed by atoms with van der Waals surface area (Å²) in [6.07, 6.45) is 3.86. The molecule has 2 nitrogen and oxygen atoms in total. The van der Waals surface area contributed by atoms with Crippen molar-refractivity contribution in [3.8, 4) is 0 Å². The number of hydrogen-bond donors (Lipinski definition) is 1. The van der Waals surface area contributed by atoms with Crippen LogP contribution in [0.25, 0.3) is 0 Å². The highest BCUT2D eigenvalue weighted by Gasteiger charge is 2.04. The van der Waals surface area contributed by atoms with Gasteiger partial charge in [0.25, 0.3) is 0 Å². The van der Waals surface area contributed by atoms with Crippen LogP contribution in [0.15, 0.2) is 19.6 Å². The maximum Gasteiger partial charge on any atom is 0.183 e. The van der Waals surface area contributed by atoms with Crippen LogP contribution in [-0.4, -0.2) is 6.54 Å². The summed E-state index contributed by atoms with van der Waals surface area (Å²) < 4.78 is 7.21. The molecule has 0 unspecified atom stereocenters. The summed E-state index contributed by atoms with van der Waals surface area (Å²) in [5, 5.41) is 3.38. The number of rotatable bonds is 7. The molecule has 16 heavy (non-hydrogen) atoms. The molecule has 0 spiro atoms. The van der Waals surface area contributed by atoms with Crippen LogP contribution >= 0.6 is 31.9 Å². The molecule has 1 N–H and O–H groups in total. The third-order valence-electron chi connectivity index (χ3n) is 2.38. The van der Waals surface area contributed by atoms with Crippen molar-refractivity contribution in [1.29, 1.82) is 0 Å². The molecule has 0 aliphatic heterocycles. The molecule has 0 aliphatic carbocycles. The van der Waals surface area contributed by atoms with Crippen LogP contribution in [-0.2, 0) is 6.54 Å². The zero-order valence-corrected chi connectivity index (χ0v) is 13.0. The van der Waals surface area contributed by atoms with Gasteiger partial charge in [0.1, 0.15) is 5.76 Å². The van der Waals surface area contributed by atoms with Crippen molar-refractivity contribution in [2.45, 2.75) is 39.7 Å². The third kappa shape index (κ3) is 5.51. The molecule has 0 fully saturated rings. The van der Waals surface area contributed by atoms with E-state index in [-0.39, 0.29) is 0 Å². The van der Waals surface area contributed by atoms with Gasteiger partial charge in [0, 0.05) is 0 Å². The van der Waals surface area contributed by atoms with Crippen molar-refractivity contribution in [2.75, 3.05) is 6.54 Å². The Morgan fingerprint density at radius 3 is 2.62 bits per heavy atom. The summed E-state index contributed by atoms with van der Waals surface area (Å²) in [5.41, 5.74) is 0. The molecule has 0 aromatic carbocycles. The Balaban J connectivity index is 2.07. The smallest absolute Gasteiger partial charge is 0.183 e. The molecule has 0 saturated carbocycles. The summed E-state index contributed by atoms with van der Waals surface area (Å²) >= 11 is 6.72. The highest BCUT2D eigenvalue weighted by molar-refractivity contribution is 9.13. The number of nitrogens with one attached hydrogen (secondary N) is 1. The quantitative estimate of drug-likeness (QED) is 0.718. The van der Waals surface area contributed by atoms with Crippen molar-refractivity contribution in [1.82, 2.24) is 5.32 Å². The van der Waals surface area contributed by atoms with Gasteiger partial charge in [-0.15, -0.1) is 0 Å². The lowest BCUT2D eigenvalue weighted by Gasteiger charge is -2.04. The van der Waals surface area contributed by atoms with E-state index in [4.69, 9.17) is 4.42 Å². The van der Waals surface area contributed by atoms with Gasteiger partial charge in [0.05, 0.1) is 11.0 Å². The van der Waals surface area contributed by atoms with Crippen molar-refractivity contribution < 1.29 is 4.42 Å². The highest BCUT2D eigenvalue weighted by atomic mass is 79.9. The largest absolute Gasteiger partial charge is 0.452 e. The predicted molar refractivity (Wildman–Crippen MR) is 74.5 cm³/mol. The number of furan rings is 1. The van der Waals surface area contributed by atoms with E-state index >= 15 is 0 Å². The van der Waals surface area contributed by atoms with Crippen LogP contribution in [0.3, 0.4) is 0 Å². The molecule has 1 heterocycles. The summed E-state index contributed by atoms with van der Waals surface area (Å²) in [5.74, 6) is 1.78. The van der Waals surface area contributed by atoms with Gasteiger partial charge in [-0.25, -0.2) is 0 Å². The predicted octanol–water partition coefficient (Wildman–Crippen LogP) is 4.72. The summed E-state index contributed by atoms with van der Waals surface area (Å²) in [6.45, 7) is 6.39. The molecule has 1 aromatic heterocycles. The minimum absolute atomic E-state index is 0.768. The van der Waals surface area contributed by atoms with Gasteiger partial charge < -0.3 is 9.73 Å². The van der Waals surface area contributed by atoms with E-state index in [9.17, 15) is 0 Å². The zero-order valence-electron chi connectivity index (χ0n) is 9.85. The fourth-order valence-electron chi connectivity index (χ4n) is 1.49. The van der Waals surface area contributed by atoms with E-state index in [1.165, 1.54) is 19.3 Å². The van der Waals surface area contributed by atoms with Gasteiger partial charge >= 0.3 is 0 Å². The fraction of sp³-hybridized carbons (Fsp3) is 0.667. The van der Waals surface area contributed by atoms with Crippen LogP contribution in [0, 0.1) is 5.92 Å². The molecule has 1 aromatic rings. The van der Waals surface area contributed by atoms with E-state index in [0.29, 0.717) is 0 Å². The first-order valence-corrected chi connectivity index (χ1v) is 7.32. The number of unbranched alkanes of at least 4 members (excludes halogenated alkanes) is 1. The molecule has 0 aliphatic rings. The lowest BCUT2D eigenvalue weighted by Crippen LogP contribution is -2.14. The molecule has 0 amide bonds. The van der Waals surface area contributed by atoms with Gasteiger partial charge in [-0.1, -0.05) is 26.7 Å². The second kappa shape index (κ2) is 7.51. The first-order chi connectivity index (χ1) is 7.59. The van der Waals surface area contributed by atoms with Crippen LogP contribution in [0.5, 0.6) is 0 Å². The lowest BCUT2D eigenvalue weighted by molar-refractivity contribution is 0.456. The van der Waals surface area contributed by atoms with Crippen molar-refractivity contribution in [3.63, 3.8) is 0 Å². The molecular formula is C12H19Br2NO. The number of hydrogen-bond acceptors (Lipinski definition) is 2. The van der Waals surface area contributed by atoms with Crippen LogP contribution in [0.1, 0.15) is 38.9 Å². The SMILES string of the molecule is CC(C)CCCCNCc1cc(Br)c(Br)o1. The maximum absolute atomic E-state index is 5.47. The van der Waals surface area contributed by atoms with Crippen LogP contribution in [0.2, 0.25) is 0 Å². The Morgan fingerprint density at radius 2 is 2.06 bits per heavy atom. The van der Waals surface area contributed by atoms with E-state index in [0.717, 1.165) is 33.9 Å². The molecule has 4 heteroatoms. The maximum atomic E-state index is 5.47. The van der Waals surface area contributed by atoms with Gasteiger partial charge in [-0.2, -0.15) is 0 Å². The minimum Gasteiger partial charge on any atom is -0.452 e. The lowest BCUT2D eigenvalue weighted by atomic mass is 10.1. The van der Waals surface area contributed by atoms with E-state index < -0.39 is 0 Å². The Labute approximate surface area is 114 Å². The fourth-order valence-corrected chi connectivity index (χ4v) is 2.15. The Morgan fingerprint density at radius 1 is 1.31 bits per heavy atom. The average molecular weight is 353 g/mol. The molecule has 1 rings (SSSR count). The molecular weight excluding hydrogens is 334 g/mol. The molecule has 0 atom stereocenters. The highest BCUT2D eigenvalue weighted by Crippen LogP contribution is 2.26. The van der Waals surface area contributed by atoms with E-state index in [1.807, 2.05) is 6.07 Å². The second-order valence-electron chi connectivity index (χ2n) is 4.40. The second-order valence-corrected chi connectivity index (χ2v) is 5.98. The first-order valence-electron chi connectivity index (χ1n) is 5.74. The molecule has 0 radical (unpaired) electrons. The topological polar surface area (TPSA) is 25.2 Å². The Kier molecular flexibility index (Phi) is 6.70. The first kappa shape index (κ1) is 14.3. The summed E-state index contributed by atoms with van der Waals surface area (Å²) in [6, 6.07) is 1.99. The van der Waals surface area contributed by atoms with E-state index in [2.05, 4.69) is 51.0 Å². The average Bonchev–Trinajstić information content (AvgIpc) is 2.52. The van der Waals surface area contributed by atoms with Crippen molar-refractivity contribution >= 4 is 31.9 Å². The van der Waals surface area contributed by atoms with Gasteiger partial charge in [-0.05, 0) is 56.8 Å². The Hall–Kier alpha value is 0.200. The normalized spacial score (nSPS) is 11.3. The van der Waals surface area contributed by atoms with Crippen LogP contribution in [0.4, 0.5) is 0 Å². The van der Waals surface area contributed by atoms with Crippen molar-refractivity contribution in [2.24, 2.45) is 5.92 Å². The van der Waals surface area contributed by atoms with Crippen LogP contribution < -0.4 is 5.32 Å². The molecule has 92 valence electrons. The van der Waals surface area contributed by atoms with Gasteiger partial charge in [0.2, 0.25) is 0 Å².